The van der Waals surface area contributed by atoms with E-state index in [9.17, 15) is 18.0 Å². The molecule has 10 heteroatoms. The first-order valence-corrected chi connectivity index (χ1v) is 8.86. The number of rotatable bonds is 4. The van der Waals surface area contributed by atoms with Gasteiger partial charge in [-0.05, 0) is 30.2 Å². The van der Waals surface area contributed by atoms with Crippen LogP contribution in [-0.4, -0.2) is 36.7 Å². The number of carbonyl (C=O) groups excluding carboxylic acids is 2. The fourth-order valence-corrected chi connectivity index (χ4v) is 3.41. The zero-order valence-electron chi connectivity index (χ0n) is 13.3. The van der Waals surface area contributed by atoms with E-state index in [2.05, 4.69) is 15.4 Å². The minimum atomic E-state index is -3.96. The third-order valence-electron chi connectivity index (χ3n) is 3.73. The summed E-state index contributed by atoms with van der Waals surface area (Å²) in [4.78, 5) is 34.5. The van der Waals surface area contributed by atoms with Crippen LogP contribution >= 0.6 is 0 Å². The van der Waals surface area contributed by atoms with Crippen LogP contribution in [0.2, 0.25) is 0 Å². The van der Waals surface area contributed by atoms with Gasteiger partial charge in [0.15, 0.2) is 0 Å². The molecule has 0 bridgehead atoms. The fourth-order valence-electron chi connectivity index (χ4n) is 2.53. The predicted octanol–water partition coefficient (Wildman–Crippen LogP) is 0.00890. The van der Waals surface area contributed by atoms with Gasteiger partial charge in [0.1, 0.15) is 5.69 Å². The topological polar surface area (TPSA) is 121 Å². The van der Waals surface area contributed by atoms with Crippen LogP contribution in [0, 0.1) is 0 Å². The van der Waals surface area contributed by atoms with E-state index in [0.717, 1.165) is 5.56 Å². The monoisotopic (exact) mass is 361 g/mol. The molecule has 3 rings (SSSR count). The van der Waals surface area contributed by atoms with E-state index < -0.39 is 15.9 Å². The molecule has 0 aliphatic carbocycles. The lowest BCUT2D eigenvalue weighted by Crippen LogP contribution is -2.41. The molecule has 25 heavy (non-hydrogen) atoms. The third-order valence-corrected chi connectivity index (χ3v) is 4.98. The largest absolute Gasteiger partial charge is 0.312 e. The van der Waals surface area contributed by atoms with E-state index >= 15 is 0 Å². The second kappa shape index (κ2) is 6.57. The number of carbonyl (C=O) groups is 2. The molecule has 2 amide bonds. The summed E-state index contributed by atoms with van der Waals surface area (Å²) < 4.78 is 24.7. The number of hydrazine groups is 1. The summed E-state index contributed by atoms with van der Waals surface area (Å²) in [6.07, 6.45) is 4.51. The molecule has 2 aromatic rings. The standard InChI is InChI=1S/C15H15N5O4S/c1-10(21)20-7-4-11-8-12(2-3-14(11)20)25(23,24)19-18-15(22)13-9-16-5-6-17-13/h2-3,5-6,8-9,19H,4,7H2,1H3,(H,18,22). The van der Waals surface area contributed by atoms with E-state index in [4.69, 9.17) is 0 Å². The maximum Gasteiger partial charge on any atom is 0.286 e. The van der Waals surface area contributed by atoms with Gasteiger partial charge in [0, 0.05) is 31.5 Å². The van der Waals surface area contributed by atoms with Crippen molar-refractivity contribution in [3.05, 3.63) is 48.0 Å². The lowest BCUT2D eigenvalue weighted by molar-refractivity contribution is -0.116. The average molecular weight is 361 g/mol. The van der Waals surface area contributed by atoms with E-state index in [-0.39, 0.29) is 16.5 Å². The molecule has 9 nitrogen and oxygen atoms in total. The van der Waals surface area contributed by atoms with Crippen LogP contribution in [0.15, 0.2) is 41.7 Å². The van der Waals surface area contributed by atoms with Crippen LogP contribution in [0.25, 0.3) is 0 Å². The van der Waals surface area contributed by atoms with Gasteiger partial charge in [-0.3, -0.25) is 20.0 Å². The highest BCUT2D eigenvalue weighted by atomic mass is 32.2. The Kier molecular flexibility index (Phi) is 4.47. The summed E-state index contributed by atoms with van der Waals surface area (Å²) >= 11 is 0. The Balaban J connectivity index is 1.75. The van der Waals surface area contributed by atoms with Crippen molar-refractivity contribution in [1.82, 2.24) is 20.2 Å². The molecule has 2 heterocycles. The van der Waals surface area contributed by atoms with Crippen LogP contribution in [0.5, 0.6) is 0 Å². The molecule has 1 aliphatic rings. The summed E-state index contributed by atoms with van der Waals surface area (Å²) in [5.74, 6) is -0.815. The Morgan fingerprint density at radius 3 is 2.72 bits per heavy atom. The number of hydrogen-bond acceptors (Lipinski definition) is 6. The number of amides is 2. The Hall–Kier alpha value is -2.85. The number of benzene rings is 1. The van der Waals surface area contributed by atoms with Gasteiger partial charge in [-0.15, -0.1) is 4.83 Å². The second-order valence-electron chi connectivity index (χ2n) is 5.36. The molecule has 1 aromatic heterocycles. The Labute approximate surface area is 144 Å². The molecule has 1 aromatic carbocycles. The minimum Gasteiger partial charge on any atom is -0.312 e. The Morgan fingerprint density at radius 2 is 2.04 bits per heavy atom. The van der Waals surface area contributed by atoms with Crippen LogP contribution < -0.4 is 15.2 Å². The highest BCUT2D eigenvalue weighted by molar-refractivity contribution is 7.89. The first-order chi connectivity index (χ1) is 11.9. The third kappa shape index (κ3) is 3.49. The lowest BCUT2D eigenvalue weighted by atomic mass is 10.2. The van der Waals surface area contributed by atoms with Gasteiger partial charge >= 0.3 is 0 Å². The zero-order valence-corrected chi connectivity index (χ0v) is 14.1. The number of aromatic nitrogens is 2. The molecular weight excluding hydrogens is 346 g/mol. The first-order valence-electron chi connectivity index (χ1n) is 7.38. The van der Waals surface area contributed by atoms with E-state index in [1.54, 1.807) is 11.0 Å². The predicted molar refractivity (Wildman–Crippen MR) is 88.0 cm³/mol. The Bertz CT molecular complexity index is 930. The van der Waals surface area contributed by atoms with Gasteiger partial charge in [0.2, 0.25) is 5.91 Å². The molecule has 0 unspecified atom stereocenters. The normalized spacial score (nSPS) is 13.4. The SMILES string of the molecule is CC(=O)N1CCc2cc(S(=O)(=O)NNC(=O)c3cnccn3)ccc21. The summed E-state index contributed by atoms with van der Waals surface area (Å²) in [7, 11) is -3.96. The van der Waals surface area contributed by atoms with Crippen molar-refractivity contribution in [3.63, 3.8) is 0 Å². The highest BCUT2D eigenvalue weighted by Crippen LogP contribution is 2.30. The number of sulfonamides is 1. The van der Waals surface area contributed by atoms with E-state index in [0.29, 0.717) is 18.7 Å². The number of nitrogens with one attached hydrogen (secondary N) is 2. The van der Waals surface area contributed by atoms with Crippen molar-refractivity contribution in [1.29, 1.82) is 0 Å². The number of anilines is 1. The Morgan fingerprint density at radius 1 is 1.24 bits per heavy atom. The van der Waals surface area contributed by atoms with Crippen LogP contribution in [0.1, 0.15) is 23.0 Å². The van der Waals surface area contributed by atoms with Crippen molar-refractivity contribution in [2.24, 2.45) is 0 Å². The van der Waals surface area contributed by atoms with Gasteiger partial charge < -0.3 is 4.90 Å². The van der Waals surface area contributed by atoms with Crippen molar-refractivity contribution in [3.8, 4) is 0 Å². The molecule has 0 saturated heterocycles. The number of nitrogens with zero attached hydrogens (tertiary/aromatic N) is 3. The summed E-state index contributed by atoms with van der Waals surface area (Å²) in [6.45, 7) is 1.98. The minimum absolute atomic E-state index is 0.00361. The molecule has 0 spiro atoms. The van der Waals surface area contributed by atoms with Crippen molar-refractivity contribution in [2.45, 2.75) is 18.2 Å². The number of hydrogen-bond donors (Lipinski definition) is 2. The molecule has 130 valence electrons. The first kappa shape index (κ1) is 17.0. The van der Waals surface area contributed by atoms with E-state index in [1.165, 1.54) is 37.6 Å². The maximum atomic E-state index is 12.3. The van der Waals surface area contributed by atoms with Gasteiger partial charge in [-0.1, -0.05) is 0 Å². The van der Waals surface area contributed by atoms with Crippen molar-refractivity contribution < 1.29 is 18.0 Å². The average Bonchev–Trinajstić information content (AvgIpc) is 3.04. The molecular formula is C15H15N5O4S. The lowest BCUT2D eigenvalue weighted by Gasteiger charge is -2.15. The number of fused-ring (bicyclic) bond motifs is 1. The second-order valence-corrected chi connectivity index (χ2v) is 7.04. The molecule has 0 atom stereocenters. The van der Waals surface area contributed by atoms with Crippen molar-refractivity contribution in [2.75, 3.05) is 11.4 Å². The highest BCUT2D eigenvalue weighted by Gasteiger charge is 2.25. The summed E-state index contributed by atoms with van der Waals surface area (Å²) in [5, 5.41) is 0. The molecule has 0 radical (unpaired) electrons. The molecule has 0 saturated carbocycles. The van der Waals surface area contributed by atoms with Gasteiger partial charge in [-0.2, -0.15) is 0 Å². The van der Waals surface area contributed by atoms with Crippen LogP contribution in [0.3, 0.4) is 0 Å². The summed E-state index contributed by atoms with van der Waals surface area (Å²) in [5.41, 5.74) is 3.54. The van der Waals surface area contributed by atoms with Gasteiger partial charge in [0.25, 0.3) is 15.9 Å². The molecule has 2 N–H and O–H groups in total. The smallest absolute Gasteiger partial charge is 0.286 e. The quantitative estimate of drug-likeness (QED) is 0.740. The van der Waals surface area contributed by atoms with Crippen LogP contribution in [0.4, 0.5) is 5.69 Å². The van der Waals surface area contributed by atoms with E-state index in [1.807, 2.05) is 4.83 Å². The maximum absolute atomic E-state index is 12.3. The van der Waals surface area contributed by atoms with Crippen LogP contribution in [-0.2, 0) is 21.2 Å². The molecule has 0 fully saturated rings. The van der Waals surface area contributed by atoms with Gasteiger partial charge in [0.05, 0.1) is 11.1 Å². The summed E-state index contributed by atoms with van der Waals surface area (Å²) in [6, 6.07) is 4.47. The zero-order chi connectivity index (χ0) is 18.0. The fraction of sp³-hybridized carbons (Fsp3) is 0.200. The molecule has 1 aliphatic heterocycles. The van der Waals surface area contributed by atoms with Crippen molar-refractivity contribution >= 4 is 27.5 Å². The van der Waals surface area contributed by atoms with Gasteiger partial charge in [-0.25, -0.2) is 13.4 Å².